The molecule has 0 aliphatic rings. The number of nitriles is 1. The largest absolute Gasteiger partial charge is 0.494 e. The van der Waals surface area contributed by atoms with Gasteiger partial charge in [0.05, 0.1) is 29.6 Å². The molecule has 0 saturated heterocycles. The van der Waals surface area contributed by atoms with E-state index in [1.54, 1.807) is 12.1 Å². The number of nitrogens with zero attached hydrogens (tertiary/aromatic N) is 3. The third-order valence-electron chi connectivity index (χ3n) is 5.19. The molecule has 1 aromatic heterocycles. The lowest BCUT2D eigenvalue weighted by Crippen LogP contribution is -2.23. The van der Waals surface area contributed by atoms with Crippen LogP contribution in [0.3, 0.4) is 0 Å². The summed E-state index contributed by atoms with van der Waals surface area (Å²) in [6.07, 6.45) is 4.88. The molecule has 0 aliphatic carbocycles. The molecule has 0 fully saturated rings. The van der Waals surface area contributed by atoms with Gasteiger partial charge in [-0.15, -0.1) is 0 Å². The van der Waals surface area contributed by atoms with Gasteiger partial charge in [-0.1, -0.05) is 41.9 Å². The fourth-order valence-electron chi connectivity index (χ4n) is 3.38. The van der Waals surface area contributed by atoms with E-state index < -0.39 is 0 Å². The number of nitrogens with one attached hydrogen (secondary N) is 2. The molecule has 0 spiro atoms. The second kappa shape index (κ2) is 11.5. The number of likely N-dealkylation sites (N-methyl/N-ethyl adjacent to an activating group) is 1. The number of fused-ring (bicyclic) bond motifs is 1. The lowest BCUT2D eigenvalue weighted by atomic mass is 10.1. The molecule has 1 heterocycles. The van der Waals surface area contributed by atoms with Crippen LogP contribution in [0.15, 0.2) is 59.2 Å². The summed E-state index contributed by atoms with van der Waals surface area (Å²) in [6, 6.07) is 13.4. The van der Waals surface area contributed by atoms with Crippen LogP contribution in [0.25, 0.3) is 10.9 Å². The van der Waals surface area contributed by atoms with Gasteiger partial charge in [-0.25, -0.2) is 0 Å². The van der Waals surface area contributed by atoms with E-state index in [-0.39, 0.29) is 5.91 Å². The minimum atomic E-state index is -0.259. The highest BCUT2D eigenvalue weighted by Crippen LogP contribution is 2.36. The van der Waals surface area contributed by atoms with Crippen LogP contribution in [0.5, 0.6) is 5.75 Å². The summed E-state index contributed by atoms with van der Waals surface area (Å²) in [4.78, 5) is 19.2. The van der Waals surface area contributed by atoms with Gasteiger partial charge in [0.2, 0.25) is 5.91 Å². The molecule has 0 aliphatic heterocycles. The van der Waals surface area contributed by atoms with Gasteiger partial charge in [-0.2, -0.15) is 5.26 Å². The predicted octanol–water partition coefficient (Wildman–Crippen LogP) is 5.46. The number of anilines is 3. The van der Waals surface area contributed by atoms with Crippen molar-refractivity contribution in [2.45, 2.75) is 13.8 Å². The normalized spacial score (nSPS) is 11.0. The first-order valence-electron chi connectivity index (χ1n) is 10.6. The van der Waals surface area contributed by atoms with E-state index in [1.165, 1.54) is 19.4 Å². The molecule has 0 radical (unpaired) electrons. The van der Waals surface area contributed by atoms with Gasteiger partial charge in [0.25, 0.3) is 0 Å². The Morgan fingerprint density at radius 1 is 1.27 bits per heavy atom. The number of amides is 1. The monoisotopic (exact) mass is 507 g/mol. The number of pyridine rings is 1. The Morgan fingerprint density at radius 3 is 2.73 bits per heavy atom. The summed E-state index contributed by atoms with van der Waals surface area (Å²) < 4.78 is 6.40. The van der Waals surface area contributed by atoms with Crippen LogP contribution in [0.4, 0.5) is 17.1 Å². The maximum absolute atomic E-state index is 12.6. The van der Waals surface area contributed by atoms with Crippen LogP contribution in [-0.4, -0.2) is 42.5 Å². The standard InChI is InChI=1S/C25H26BrN5O2/c1-4-31(5-2)11-7-10-24(32)30-22-13-20-21(14-23(22)33-3)28-16-17(15-27)25(20)29-19-9-6-8-18(26)12-19/h6-10,12-14,16H,4-5,11H2,1-3H3,(H,28,29)(H,30,32)/b10-7+. The lowest BCUT2D eigenvalue weighted by molar-refractivity contribution is -0.111. The molecule has 33 heavy (non-hydrogen) atoms. The molecule has 0 saturated carbocycles. The third kappa shape index (κ3) is 6.09. The Labute approximate surface area is 202 Å². The average Bonchev–Trinajstić information content (AvgIpc) is 2.82. The fraction of sp³-hybridized carbons (Fsp3) is 0.240. The van der Waals surface area contributed by atoms with Crippen molar-refractivity contribution in [2.24, 2.45) is 0 Å². The van der Waals surface area contributed by atoms with Crippen molar-refractivity contribution in [3.63, 3.8) is 0 Å². The minimum Gasteiger partial charge on any atom is -0.494 e. The van der Waals surface area contributed by atoms with Gasteiger partial charge >= 0.3 is 0 Å². The van der Waals surface area contributed by atoms with Gasteiger partial charge in [0, 0.05) is 40.4 Å². The highest BCUT2D eigenvalue weighted by Gasteiger charge is 2.15. The molecule has 0 unspecified atom stereocenters. The number of ether oxygens (including phenoxy) is 1. The van der Waals surface area contributed by atoms with Gasteiger partial charge in [0.1, 0.15) is 11.8 Å². The van der Waals surface area contributed by atoms with Gasteiger partial charge in [-0.3, -0.25) is 9.78 Å². The molecule has 1 amide bonds. The molecule has 3 aromatic rings. The summed E-state index contributed by atoms with van der Waals surface area (Å²) >= 11 is 3.47. The predicted molar refractivity (Wildman–Crippen MR) is 136 cm³/mol. The summed E-state index contributed by atoms with van der Waals surface area (Å²) in [7, 11) is 1.54. The number of halogens is 1. The number of methoxy groups -OCH3 is 1. The van der Waals surface area contributed by atoms with Gasteiger partial charge < -0.3 is 20.3 Å². The second-order valence-corrected chi connectivity index (χ2v) is 8.16. The van der Waals surface area contributed by atoms with Crippen molar-refractivity contribution in [3.8, 4) is 11.8 Å². The van der Waals surface area contributed by atoms with Crippen LogP contribution in [0.1, 0.15) is 19.4 Å². The minimum absolute atomic E-state index is 0.259. The maximum atomic E-state index is 12.6. The van der Waals surface area contributed by atoms with Gasteiger partial charge in [-0.05, 0) is 37.4 Å². The first-order chi connectivity index (χ1) is 16.0. The van der Waals surface area contributed by atoms with Crippen LogP contribution in [0.2, 0.25) is 0 Å². The van der Waals surface area contributed by atoms with Crippen molar-refractivity contribution in [1.82, 2.24) is 9.88 Å². The zero-order chi connectivity index (χ0) is 23.8. The maximum Gasteiger partial charge on any atom is 0.248 e. The Balaban J connectivity index is 1.97. The molecule has 0 bridgehead atoms. The van der Waals surface area contributed by atoms with E-state index in [2.05, 4.69) is 56.4 Å². The zero-order valence-corrected chi connectivity index (χ0v) is 20.4. The SMILES string of the molecule is CCN(CC)C/C=C/C(=O)Nc1cc2c(Nc3cccc(Br)c3)c(C#N)cnc2cc1OC. The van der Waals surface area contributed by atoms with Crippen LogP contribution in [-0.2, 0) is 4.79 Å². The Morgan fingerprint density at radius 2 is 2.06 bits per heavy atom. The smallest absolute Gasteiger partial charge is 0.248 e. The van der Waals surface area contributed by atoms with Crippen molar-refractivity contribution in [1.29, 1.82) is 5.26 Å². The summed E-state index contributed by atoms with van der Waals surface area (Å²) in [5.74, 6) is 0.226. The number of hydrogen-bond acceptors (Lipinski definition) is 6. The van der Waals surface area contributed by atoms with E-state index in [0.29, 0.717) is 40.1 Å². The molecule has 2 aromatic carbocycles. The van der Waals surface area contributed by atoms with Crippen molar-refractivity contribution < 1.29 is 9.53 Å². The third-order valence-corrected chi connectivity index (χ3v) is 5.68. The number of carbonyl (C=O) groups excluding carboxylic acids is 1. The molecule has 170 valence electrons. The van der Waals surface area contributed by atoms with E-state index in [0.717, 1.165) is 23.2 Å². The molecular weight excluding hydrogens is 482 g/mol. The van der Waals surface area contributed by atoms with Crippen molar-refractivity contribution in [2.75, 3.05) is 37.4 Å². The summed E-state index contributed by atoms with van der Waals surface area (Å²) in [5.41, 5.74) is 2.95. The first kappa shape index (κ1) is 24.2. The number of benzene rings is 2. The Bertz CT molecular complexity index is 1220. The number of rotatable bonds is 9. The topological polar surface area (TPSA) is 90.3 Å². The van der Waals surface area contributed by atoms with Crippen molar-refractivity contribution >= 4 is 49.8 Å². The summed E-state index contributed by atoms with van der Waals surface area (Å²) in [6.45, 7) is 6.71. The fourth-order valence-corrected chi connectivity index (χ4v) is 3.78. The van der Waals surface area contributed by atoms with E-state index >= 15 is 0 Å². The molecule has 3 rings (SSSR count). The molecule has 2 N–H and O–H groups in total. The van der Waals surface area contributed by atoms with Crippen LogP contribution < -0.4 is 15.4 Å². The van der Waals surface area contributed by atoms with Crippen LogP contribution >= 0.6 is 15.9 Å². The lowest BCUT2D eigenvalue weighted by Gasteiger charge is -2.16. The average molecular weight is 508 g/mol. The Kier molecular flexibility index (Phi) is 8.41. The number of aromatic nitrogens is 1. The highest BCUT2D eigenvalue weighted by molar-refractivity contribution is 9.10. The highest BCUT2D eigenvalue weighted by atomic mass is 79.9. The van der Waals surface area contributed by atoms with E-state index in [9.17, 15) is 10.1 Å². The van der Waals surface area contributed by atoms with Gasteiger partial charge in [0.15, 0.2) is 0 Å². The quantitative estimate of drug-likeness (QED) is 0.373. The second-order valence-electron chi connectivity index (χ2n) is 7.24. The van der Waals surface area contributed by atoms with Crippen molar-refractivity contribution in [3.05, 3.63) is 64.8 Å². The summed E-state index contributed by atoms with van der Waals surface area (Å²) in [5, 5.41) is 16.6. The van der Waals surface area contributed by atoms with Crippen LogP contribution in [0, 0.1) is 11.3 Å². The zero-order valence-electron chi connectivity index (χ0n) is 18.9. The van der Waals surface area contributed by atoms with E-state index in [1.807, 2.05) is 30.3 Å². The Hall–Kier alpha value is -3.41. The molecule has 8 heteroatoms. The number of hydrogen-bond donors (Lipinski definition) is 2. The number of carbonyl (C=O) groups is 1. The first-order valence-corrected chi connectivity index (χ1v) is 11.4. The molecule has 0 atom stereocenters. The molecule has 7 nitrogen and oxygen atoms in total. The molecular formula is C25H26BrN5O2. The van der Waals surface area contributed by atoms with E-state index in [4.69, 9.17) is 4.74 Å².